The second-order valence-corrected chi connectivity index (χ2v) is 4.47. The molecule has 0 aromatic heterocycles. The van der Waals surface area contributed by atoms with Gasteiger partial charge >= 0.3 is 0 Å². The molecule has 0 fully saturated rings. The van der Waals surface area contributed by atoms with Crippen LogP contribution in [0.4, 0.5) is 8.78 Å². The van der Waals surface area contributed by atoms with E-state index in [1.54, 1.807) is 0 Å². The summed E-state index contributed by atoms with van der Waals surface area (Å²) >= 11 is 0. The monoisotopic (exact) mass is 228 g/mol. The molecular weight excluding hydrogens is 210 g/mol. The minimum atomic E-state index is -0.546. The van der Waals surface area contributed by atoms with E-state index in [0.717, 1.165) is 12.5 Å². The van der Waals surface area contributed by atoms with Crippen molar-refractivity contribution in [3.63, 3.8) is 0 Å². The average Bonchev–Trinajstić information content (AvgIpc) is 2.14. The summed E-state index contributed by atoms with van der Waals surface area (Å²) in [6.07, 6.45) is 1.40. The Hall–Kier alpha value is -1.00. The van der Waals surface area contributed by atoms with Gasteiger partial charge in [-0.2, -0.15) is 0 Å². The van der Waals surface area contributed by atoms with Gasteiger partial charge in [-0.15, -0.1) is 0 Å². The molecule has 0 saturated carbocycles. The van der Waals surface area contributed by atoms with Crippen LogP contribution in [0.1, 0.15) is 25.8 Å². The lowest BCUT2D eigenvalue weighted by Crippen LogP contribution is -2.37. The normalized spacial score (nSPS) is 13.1. The highest BCUT2D eigenvalue weighted by Crippen LogP contribution is 2.13. The Balaban J connectivity index is 2.69. The predicted octanol–water partition coefficient (Wildman–Crippen LogP) is 2.39. The van der Waals surface area contributed by atoms with E-state index in [2.05, 4.69) is 19.3 Å². The van der Waals surface area contributed by atoms with E-state index < -0.39 is 11.6 Å². The first-order valence-electron chi connectivity index (χ1n) is 5.42. The molecule has 0 spiro atoms. The smallest absolute Gasteiger partial charge is 0.126 e. The molecule has 1 aromatic carbocycles. The summed E-state index contributed by atoms with van der Waals surface area (Å²) in [5.74, 6) is 4.80. The lowest BCUT2D eigenvalue weighted by atomic mass is 9.98. The zero-order chi connectivity index (χ0) is 12.1. The van der Waals surface area contributed by atoms with Gasteiger partial charge in [0.05, 0.1) is 0 Å². The molecule has 0 amide bonds. The highest BCUT2D eigenvalue weighted by molar-refractivity contribution is 5.18. The Morgan fingerprint density at radius 3 is 2.19 bits per heavy atom. The van der Waals surface area contributed by atoms with Crippen molar-refractivity contribution in [2.75, 3.05) is 0 Å². The first-order valence-corrected chi connectivity index (χ1v) is 5.42. The Morgan fingerprint density at radius 2 is 1.75 bits per heavy atom. The Bertz CT molecular complexity index is 320. The van der Waals surface area contributed by atoms with Gasteiger partial charge in [-0.05, 0) is 36.5 Å². The van der Waals surface area contributed by atoms with E-state index in [4.69, 9.17) is 5.84 Å². The Morgan fingerprint density at radius 1 is 1.19 bits per heavy atom. The summed E-state index contributed by atoms with van der Waals surface area (Å²) in [6, 6.07) is 3.60. The third-order valence-electron chi connectivity index (χ3n) is 2.40. The number of nitrogens with one attached hydrogen (secondary N) is 1. The maximum absolute atomic E-state index is 13.0. The van der Waals surface area contributed by atoms with Gasteiger partial charge in [0.15, 0.2) is 0 Å². The maximum Gasteiger partial charge on any atom is 0.126 e. The van der Waals surface area contributed by atoms with Crippen LogP contribution in [-0.2, 0) is 6.42 Å². The molecule has 0 aliphatic heterocycles. The highest BCUT2D eigenvalue weighted by Gasteiger charge is 2.11. The number of rotatable bonds is 5. The van der Waals surface area contributed by atoms with E-state index in [1.807, 2.05) is 0 Å². The molecule has 0 aliphatic carbocycles. The summed E-state index contributed by atoms with van der Waals surface area (Å²) in [4.78, 5) is 0. The lowest BCUT2D eigenvalue weighted by molar-refractivity contribution is 0.422. The van der Waals surface area contributed by atoms with Crippen LogP contribution >= 0.6 is 0 Å². The lowest BCUT2D eigenvalue weighted by Gasteiger charge is -2.18. The maximum atomic E-state index is 13.0. The number of hydrazine groups is 1. The first kappa shape index (κ1) is 13.1. The minimum Gasteiger partial charge on any atom is -0.271 e. The molecule has 1 unspecified atom stereocenters. The van der Waals surface area contributed by atoms with Crippen LogP contribution < -0.4 is 11.3 Å². The fourth-order valence-electron chi connectivity index (χ4n) is 1.79. The van der Waals surface area contributed by atoms with Gasteiger partial charge < -0.3 is 0 Å². The third-order valence-corrected chi connectivity index (χ3v) is 2.40. The van der Waals surface area contributed by atoms with Crippen LogP contribution in [0.15, 0.2) is 18.2 Å². The van der Waals surface area contributed by atoms with Crippen molar-refractivity contribution in [3.05, 3.63) is 35.4 Å². The summed E-state index contributed by atoms with van der Waals surface area (Å²) in [6.45, 7) is 4.16. The van der Waals surface area contributed by atoms with Crippen molar-refractivity contribution in [1.29, 1.82) is 0 Å². The minimum absolute atomic E-state index is 0.0428. The van der Waals surface area contributed by atoms with E-state index in [0.29, 0.717) is 17.9 Å². The van der Waals surface area contributed by atoms with Gasteiger partial charge in [0, 0.05) is 12.1 Å². The van der Waals surface area contributed by atoms with Crippen LogP contribution in [0.3, 0.4) is 0 Å². The molecule has 4 heteroatoms. The summed E-state index contributed by atoms with van der Waals surface area (Å²) in [7, 11) is 0. The highest BCUT2D eigenvalue weighted by atomic mass is 19.1. The van der Waals surface area contributed by atoms with Gasteiger partial charge in [-0.25, -0.2) is 8.78 Å². The van der Waals surface area contributed by atoms with Gasteiger partial charge in [-0.3, -0.25) is 11.3 Å². The van der Waals surface area contributed by atoms with Crippen molar-refractivity contribution in [2.24, 2.45) is 11.8 Å². The van der Waals surface area contributed by atoms with Crippen molar-refractivity contribution in [1.82, 2.24) is 5.43 Å². The van der Waals surface area contributed by atoms with Crippen LogP contribution in [-0.4, -0.2) is 6.04 Å². The van der Waals surface area contributed by atoms with Crippen molar-refractivity contribution >= 4 is 0 Å². The first-order chi connectivity index (χ1) is 7.51. The average molecular weight is 228 g/mol. The second-order valence-electron chi connectivity index (χ2n) is 4.47. The van der Waals surface area contributed by atoms with Crippen LogP contribution in [0, 0.1) is 17.6 Å². The predicted molar refractivity (Wildman–Crippen MR) is 60.6 cm³/mol. The fraction of sp³-hybridized carbons (Fsp3) is 0.500. The van der Waals surface area contributed by atoms with Crippen LogP contribution in [0.5, 0.6) is 0 Å². The van der Waals surface area contributed by atoms with Crippen LogP contribution in [0.2, 0.25) is 0 Å². The second kappa shape index (κ2) is 5.92. The summed E-state index contributed by atoms with van der Waals surface area (Å²) < 4.78 is 25.9. The van der Waals surface area contributed by atoms with Gasteiger partial charge in [0.1, 0.15) is 11.6 Å². The quantitative estimate of drug-likeness (QED) is 0.600. The molecule has 0 bridgehead atoms. The largest absolute Gasteiger partial charge is 0.271 e. The molecule has 3 N–H and O–H groups in total. The summed E-state index contributed by atoms with van der Waals surface area (Å²) in [5, 5.41) is 0. The van der Waals surface area contributed by atoms with Gasteiger partial charge in [0.2, 0.25) is 0 Å². The Kier molecular flexibility index (Phi) is 4.83. The van der Waals surface area contributed by atoms with Crippen molar-refractivity contribution in [3.8, 4) is 0 Å². The van der Waals surface area contributed by atoms with Gasteiger partial charge in [0.25, 0.3) is 0 Å². The number of halogens is 2. The SMILES string of the molecule is CC(C)CC(Cc1cc(F)cc(F)c1)NN. The topological polar surface area (TPSA) is 38.0 Å². The molecule has 0 saturated heterocycles. The zero-order valence-corrected chi connectivity index (χ0v) is 9.63. The molecule has 0 aliphatic rings. The van der Waals surface area contributed by atoms with Crippen molar-refractivity contribution < 1.29 is 8.78 Å². The van der Waals surface area contributed by atoms with E-state index in [9.17, 15) is 8.78 Å². The zero-order valence-electron chi connectivity index (χ0n) is 9.63. The standard InChI is InChI=1S/C12H18F2N2/c1-8(2)3-12(16-15)6-9-4-10(13)7-11(14)5-9/h4-5,7-8,12,16H,3,6,15H2,1-2H3. The van der Waals surface area contributed by atoms with Gasteiger partial charge in [-0.1, -0.05) is 13.8 Å². The molecule has 1 atom stereocenters. The van der Waals surface area contributed by atoms with E-state index in [-0.39, 0.29) is 6.04 Å². The number of nitrogens with two attached hydrogens (primary N) is 1. The number of benzene rings is 1. The fourth-order valence-corrected chi connectivity index (χ4v) is 1.79. The molecule has 1 rings (SSSR count). The molecular formula is C12H18F2N2. The van der Waals surface area contributed by atoms with Crippen molar-refractivity contribution in [2.45, 2.75) is 32.7 Å². The summed E-state index contributed by atoms with van der Waals surface area (Å²) in [5.41, 5.74) is 3.30. The number of hydrogen-bond donors (Lipinski definition) is 2. The molecule has 2 nitrogen and oxygen atoms in total. The third kappa shape index (κ3) is 4.24. The molecule has 1 aromatic rings. The van der Waals surface area contributed by atoms with E-state index in [1.165, 1.54) is 12.1 Å². The molecule has 16 heavy (non-hydrogen) atoms. The molecule has 0 radical (unpaired) electrons. The van der Waals surface area contributed by atoms with E-state index >= 15 is 0 Å². The molecule has 0 heterocycles. The Labute approximate surface area is 94.8 Å². The number of hydrogen-bond acceptors (Lipinski definition) is 2. The van der Waals surface area contributed by atoms with Crippen LogP contribution in [0.25, 0.3) is 0 Å². The molecule has 90 valence electrons.